The van der Waals surface area contributed by atoms with Crippen molar-refractivity contribution in [1.29, 1.82) is 0 Å². The first-order valence-electron chi connectivity index (χ1n) is 9.85. The minimum Gasteiger partial charge on any atom is -0.392 e. The first kappa shape index (κ1) is 18.4. The fraction of sp³-hybridized carbons (Fsp3) is 0.789. The van der Waals surface area contributed by atoms with Gasteiger partial charge < -0.3 is 14.9 Å². The molecule has 6 nitrogen and oxygen atoms in total. The molecular formula is C19H31N3O3. The SMILES string of the molecule is O=C(NCCC1CCCCCC1)c1cc(CN2CCC[C@@H](O)C2)on1. The molecule has 1 amide bonds. The van der Waals surface area contributed by atoms with Crippen molar-refractivity contribution in [2.24, 2.45) is 5.92 Å². The number of nitrogens with zero attached hydrogens (tertiary/aromatic N) is 2. The molecule has 2 N–H and O–H groups in total. The van der Waals surface area contributed by atoms with E-state index in [1.54, 1.807) is 6.07 Å². The number of amides is 1. The molecule has 0 unspecified atom stereocenters. The molecule has 0 radical (unpaired) electrons. The summed E-state index contributed by atoms with van der Waals surface area (Å²) in [4.78, 5) is 14.4. The number of piperidine rings is 1. The number of likely N-dealkylation sites (tertiary alicyclic amines) is 1. The molecule has 1 aliphatic heterocycles. The lowest BCUT2D eigenvalue weighted by Crippen LogP contribution is -2.37. The fourth-order valence-corrected chi connectivity index (χ4v) is 4.02. The summed E-state index contributed by atoms with van der Waals surface area (Å²) in [7, 11) is 0. The Morgan fingerprint density at radius 1 is 1.24 bits per heavy atom. The zero-order valence-electron chi connectivity index (χ0n) is 15.1. The Morgan fingerprint density at radius 2 is 2.04 bits per heavy atom. The van der Waals surface area contributed by atoms with Crippen molar-refractivity contribution in [3.05, 3.63) is 17.5 Å². The lowest BCUT2D eigenvalue weighted by molar-refractivity contribution is 0.0622. The van der Waals surface area contributed by atoms with Crippen LogP contribution >= 0.6 is 0 Å². The number of carbonyl (C=O) groups excluding carboxylic acids is 1. The molecule has 6 heteroatoms. The number of β-amino-alcohol motifs (C(OH)–C–C–N with tert-alkyl or cyclic N) is 1. The summed E-state index contributed by atoms with van der Waals surface area (Å²) in [5.41, 5.74) is 0.355. The van der Waals surface area contributed by atoms with Crippen molar-refractivity contribution >= 4 is 5.91 Å². The van der Waals surface area contributed by atoms with Crippen LogP contribution in [0.25, 0.3) is 0 Å². The molecule has 0 bridgehead atoms. The van der Waals surface area contributed by atoms with Gasteiger partial charge in [-0.15, -0.1) is 0 Å². The molecule has 1 saturated carbocycles. The predicted molar refractivity (Wildman–Crippen MR) is 95.2 cm³/mol. The van der Waals surface area contributed by atoms with Crippen molar-refractivity contribution in [2.45, 2.75) is 70.4 Å². The van der Waals surface area contributed by atoms with E-state index in [4.69, 9.17) is 4.52 Å². The van der Waals surface area contributed by atoms with Gasteiger partial charge in [-0.3, -0.25) is 9.69 Å². The lowest BCUT2D eigenvalue weighted by atomic mass is 9.97. The summed E-state index contributed by atoms with van der Waals surface area (Å²) in [6, 6.07) is 1.72. The predicted octanol–water partition coefficient (Wildman–Crippen LogP) is 2.72. The normalized spacial score (nSPS) is 23.3. The third kappa shape index (κ3) is 5.82. The van der Waals surface area contributed by atoms with Crippen molar-refractivity contribution < 1.29 is 14.4 Å². The summed E-state index contributed by atoms with van der Waals surface area (Å²) in [5, 5.41) is 16.6. The maximum atomic E-state index is 12.2. The quantitative estimate of drug-likeness (QED) is 0.772. The summed E-state index contributed by atoms with van der Waals surface area (Å²) >= 11 is 0. The molecule has 3 rings (SSSR count). The van der Waals surface area contributed by atoms with Crippen molar-refractivity contribution in [3.8, 4) is 0 Å². The molecular weight excluding hydrogens is 318 g/mol. The Labute approximate surface area is 149 Å². The van der Waals surface area contributed by atoms with E-state index in [1.807, 2.05) is 0 Å². The zero-order valence-corrected chi connectivity index (χ0v) is 15.1. The van der Waals surface area contributed by atoms with E-state index < -0.39 is 0 Å². The molecule has 0 aromatic carbocycles. The van der Waals surface area contributed by atoms with E-state index in [9.17, 15) is 9.90 Å². The van der Waals surface area contributed by atoms with Crippen LogP contribution in [0.5, 0.6) is 0 Å². The van der Waals surface area contributed by atoms with E-state index in [0.717, 1.165) is 31.7 Å². The van der Waals surface area contributed by atoms with E-state index in [1.165, 1.54) is 38.5 Å². The van der Waals surface area contributed by atoms with Crippen LogP contribution in [0.1, 0.15) is 74.0 Å². The maximum Gasteiger partial charge on any atom is 0.273 e. The Bertz CT molecular complexity index is 538. The maximum absolute atomic E-state index is 12.2. The van der Waals surface area contributed by atoms with Crippen LogP contribution in [0.3, 0.4) is 0 Å². The molecule has 1 aromatic heterocycles. The Hall–Kier alpha value is -1.40. The second-order valence-corrected chi connectivity index (χ2v) is 7.61. The van der Waals surface area contributed by atoms with Gasteiger partial charge in [0.1, 0.15) is 0 Å². The average Bonchev–Trinajstić information content (AvgIpc) is 2.90. The number of hydrogen-bond donors (Lipinski definition) is 2. The summed E-state index contributed by atoms with van der Waals surface area (Å²) in [5.74, 6) is 1.28. The third-order valence-corrected chi connectivity index (χ3v) is 5.46. The van der Waals surface area contributed by atoms with Crippen LogP contribution in [-0.4, -0.2) is 46.8 Å². The average molecular weight is 349 g/mol. The van der Waals surface area contributed by atoms with E-state index in [0.29, 0.717) is 31.1 Å². The molecule has 2 heterocycles. The number of aliphatic hydroxyl groups is 1. The monoisotopic (exact) mass is 349 g/mol. The second kappa shape index (κ2) is 9.34. The van der Waals surface area contributed by atoms with Crippen molar-refractivity contribution in [2.75, 3.05) is 19.6 Å². The smallest absolute Gasteiger partial charge is 0.273 e. The molecule has 1 aliphatic carbocycles. The highest BCUT2D eigenvalue weighted by Crippen LogP contribution is 2.24. The van der Waals surface area contributed by atoms with Crippen LogP contribution in [-0.2, 0) is 6.54 Å². The van der Waals surface area contributed by atoms with E-state index in [2.05, 4.69) is 15.4 Å². The number of nitrogens with one attached hydrogen (secondary N) is 1. The Morgan fingerprint density at radius 3 is 2.80 bits per heavy atom. The van der Waals surface area contributed by atoms with E-state index in [-0.39, 0.29) is 12.0 Å². The van der Waals surface area contributed by atoms with Crippen LogP contribution in [0.4, 0.5) is 0 Å². The fourth-order valence-electron chi connectivity index (χ4n) is 4.02. The number of rotatable bonds is 6. The van der Waals surface area contributed by atoms with Crippen LogP contribution < -0.4 is 5.32 Å². The number of aromatic nitrogens is 1. The minimum absolute atomic E-state index is 0.151. The minimum atomic E-state index is -0.261. The number of aliphatic hydroxyl groups excluding tert-OH is 1. The zero-order chi connectivity index (χ0) is 17.5. The molecule has 1 aromatic rings. The van der Waals surface area contributed by atoms with Gasteiger partial charge in [0.2, 0.25) is 0 Å². The van der Waals surface area contributed by atoms with Gasteiger partial charge >= 0.3 is 0 Å². The van der Waals surface area contributed by atoms with Gasteiger partial charge in [-0.2, -0.15) is 0 Å². The molecule has 25 heavy (non-hydrogen) atoms. The highest BCUT2D eigenvalue weighted by atomic mass is 16.5. The molecule has 1 saturated heterocycles. The molecule has 2 aliphatic rings. The highest BCUT2D eigenvalue weighted by molar-refractivity contribution is 5.92. The van der Waals surface area contributed by atoms with E-state index >= 15 is 0 Å². The van der Waals surface area contributed by atoms with Gasteiger partial charge in [0.15, 0.2) is 11.5 Å². The molecule has 1 atom stereocenters. The highest BCUT2D eigenvalue weighted by Gasteiger charge is 2.20. The molecule has 140 valence electrons. The third-order valence-electron chi connectivity index (χ3n) is 5.46. The topological polar surface area (TPSA) is 78.6 Å². The summed E-state index contributed by atoms with van der Waals surface area (Å²) in [6.45, 7) is 2.91. The largest absolute Gasteiger partial charge is 0.392 e. The Balaban J connectivity index is 1.41. The number of carbonyl (C=O) groups is 1. The van der Waals surface area contributed by atoms with Gasteiger partial charge in [-0.25, -0.2) is 0 Å². The summed E-state index contributed by atoms with van der Waals surface area (Å²) < 4.78 is 5.30. The standard InChI is InChI=1S/C19H31N3O3/c23-16-8-5-11-22(13-16)14-17-12-18(21-25-17)19(24)20-10-9-15-6-3-1-2-4-7-15/h12,15-16,23H,1-11,13-14H2,(H,20,24)/t16-/m1/s1. The van der Waals surface area contributed by atoms with Crippen LogP contribution in [0.15, 0.2) is 10.6 Å². The number of hydrogen-bond acceptors (Lipinski definition) is 5. The molecule has 2 fully saturated rings. The van der Waals surface area contributed by atoms with Crippen molar-refractivity contribution in [3.63, 3.8) is 0 Å². The second-order valence-electron chi connectivity index (χ2n) is 7.61. The van der Waals surface area contributed by atoms with Gasteiger partial charge in [-0.1, -0.05) is 43.7 Å². The van der Waals surface area contributed by atoms with Crippen molar-refractivity contribution in [1.82, 2.24) is 15.4 Å². The first-order chi connectivity index (χ1) is 12.2. The lowest BCUT2D eigenvalue weighted by Gasteiger charge is -2.28. The van der Waals surface area contributed by atoms with Gasteiger partial charge in [0.05, 0.1) is 12.6 Å². The van der Waals surface area contributed by atoms with Crippen LogP contribution in [0.2, 0.25) is 0 Å². The van der Waals surface area contributed by atoms with Crippen LogP contribution in [0, 0.1) is 5.92 Å². The van der Waals surface area contributed by atoms with Gasteiger partial charge in [0.25, 0.3) is 5.91 Å². The van der Waals surface area contributed by atoms with Gasteiger partial charge in [0, 0.05) is 19.2 Å². The Kier molecular flexibility index (Phi) is 6.87. The molecule has 0 spiro atoms. The van der Waals surface area contributed by atoms with Gasteiger partial charge in [-0.05, 0) is 31.7 Å². The first-order valence-corrected chi connectivity index (χ1v) is 9.85. The summed E-state index contributed by atoms with van der Waals surface area (Å²) in [6.07, 6.45) is 10.6.